The van der Waals surface area contributed by atoms with Crippen molar-refractivity contribution in [1.82, 2.24) is 9.55 Å². The third-order valence-corrected chi connectivity index (χ3v) is 9.35. The van der Waals surface area contributed by atoms with Crippen molar-refractivity contribution < 1.29 is 8.78 Å². The van der Waals surface area contributed by atoms with Gasteiger partial charge in [0.25, 0.3) is 0 Å². The number of hydrogen-bond acceptors (Lipinski definition) is 2. The minimum Gasteiger partial charge on any atom is -0.292 e. The van der Waals surface area contributed by atoms with E-state index in [9.17, 15) is 0 Å². The number of rotatable bonds is 5. The molecule has 208 valence electrons. The number of hydrogen-bond donors (Lipinski definition) is 0. The summed E-state index contributed by atoms with van der Waals surface area (Å²) in [6.07, 6.45) is 0. The molecule has 0 N–H and O–H groups in total. The molecule has 5 aromatic carbocycles. The van der Waals surface area contributed by atoms with Crippen LogP contribution in [0.1, 0.15) is 50.7 Å². The minimum absolute atomic E-state index is 0.290. The molecular formula is C37H30F2N2S. The van der Waals surface area contributed by atoms with E-state index < -0.39 is 11.6 Å². The fourth-order valence-corrected chi connectivity index (χ4v) is 7.39. The van der Waals surface area contributed by atoms with E-state index in [2.05, 4.69) is 62.6 Å². The number of benzene rings is 5. The number of fused-ring (bicyclic) bond motifs is 4. The van der Waals surface area contributed by atoms with Gasteiger partial charge in [0.15, 0.2) is 0 Å². The molecule has 42 heavy (non-hydrogen) atoms. The average Bonchev–Trinajstić information content (AvgIpc) is 3.57. The minimum atomic E-state index is -0.559. The van der Waals surface area contributed by atoms with Crippen molar-refractivity contribution in [3.63, 3.8) is 0 Å². The molecular weight excluding hydrogens is 542 g/mol. The summed E-state index contributed by atoms with van der Waals surface area (Å²) in [4.78, 5) is 5.20. The van der Waals surface area contributed by atoms with E-state index in [1.165, 1.54) is 22.5 Å². The van der Waals surface area contributed by atoms with E-state index in [1.54, 1.807) is 0 Å². The molecule has 0 saturated heterocycles. The number of imidazole rings is 1. The van der Waals surface area contributed by atoms with Crippen LogP contribution >= 0.6 is 11.3 Å². The highest BCUT2D eigenvalue weighted by molar-refractivity contribution is 7.26. The molecule has 0 aliphatic carbocycles. The fourth-order valence-electron chi connectivity index (χ4n) is 6.17. The predicted octanol–water partition coefficient (Wildman–Crippen LogP) is 11.3. The van der Waals surface area contributed by atoms with Crippen molar-refractivity contribution in [2.24, 2.45) is 0 Å². The number of para-hydroxylation sites is 3. The Bertz CT molecular complexity index is 2090. The van der Waals surface area contributed by atoms with Gasteiger partial charge in [0, 0.05) is 32.7 Å². The Balaban J connectivity index is 1.62. The predicted molar refractivity (Wildman–Crippen MR) is 173 cm³/mol. The lowest BCUT2D eigenvalue weighted by atomic mass is 9.92. The summed E-state index contributed by atoms with van der Waals surface area (Å²) in [5, 5.41) is 1.43. The Morgan fingerprint density at radius 1 is 0.690 bits per heavy atom. The maximum Gasteiger partial charge on any atom is 0.147 e. The van der Waals surface area contributed by atoms with E-state index in [-0.39, 0.29) is 0 Å². The van der Waals surface area contributed by atoms with Crippen molar-refractivity contribution >= 4 is 42.5 Å². The molecule has 0 saturated carbocycles. The SMILES string of the molecule is CC(C)c1cccc(C(C)C)c1-n1c(-c2cccc3c2sc2c(F)cc(F)c(-c4ccccc4)c23)nc2ccccc21. The monoisotopic (exact) mass is 572 g/mol. The molecule has 0 spiro atoms. The van der Waals surface area contributed by atoms with Crippen LogP contribution in [0, 0.1) is 11.6 Å². The van der Waals surface area contributed by atoms with Crippen molar-refractivity contribution in [3.05, 3.63) is 120 Å². The summed E-state index contributed by atoms with van der Waals surface area (Å²) in [6, 6.07) is 31.2. The second-order valence-electron chi connectivity index (χ2n) is 11.4. The molecule has 5 heteroatoms. The first-order valence-corrected chi connectivity index (χ1v) is 15.2. The second-order valence-corrected chi connectivity index (χ2v) is 12.4. The van der Waals surface area contributed by atoms with E-state index >= 15 is 8.78 Å². The molecule has 0 amide bonds. The van der Waals surface area contributed by atoms with Gasteiger partial charge in [-0.05, 0) is 46.7 Å². The Hall–Kier alpha value is -4.35. The third kappa shape index (κ3) is 4.06. The van der Waals surface area contributed by atoms with Crippen molar-refractivity contribution in [2.45, 2.75) is 39.5 Å². The smallest absolute Gasteiger partial charge is 0.147 e. The summed E-state index contributed by atoms with van der Waals surface area (Å²) < 4.78 is 34.6. The van der Waals surface area contributed by atoms with Gasteiger partial charge in [-0.1, -0.05) is 100 Å². The Morgan fingerprint density at radius 2 is 1.36 bits per heavy atom. The Kier molecular flexibility index (Phi) is 6.43. The number of nitrogens with zero attached hydrogens (tertiary/aromatic N) is 2. The summed E-state index contributed by atoms with van der Waals surface area (Å²) in [5.74, 6) is 0.272. The highest BCUT2D eigenvalue weighted by Gasteiger charge is 2.25. The highest BCUT2D eigenvalue weighted by atomic mass is 32.1. The van der Waals surface area contributed by atoms with Gasteiger partial charge < -0.3 is 0 Å². The second kappa shape index (κ2) is 10.2. The van der Waals surface area contributed by atoms with Gasteiger partial charge >= 0.3 is 0 Å². The first-order valence-electron chi connectivity index (χ1n) is 14.3. The zero-order valence-corrected chi connectivity index (χ0v) is 24.8. The lowest BCUT2D eigenvalue weighted by Crippen LogP contribution is -2.08. The van der Waals surface area contributed by atoms with E-state index in [1.807, 2.05) is 60.7 Å². The van der Waals surface area contributed by atoms with Crippen LogP contribution in [0.15, 0.2) is 97.1 Å². The summed E-state index contributed by atoms with van der Waals surface area (Å²) in [7, 11) is 0. The largest absolute Gasteiger partial charge is 0.292 e. The van der Waals surface area contributed by atoms with Crippen LogP contribution in [-0.2, 0) is 0 Å². The van der Waals surface area contributed by atoms with Gasteiger partial charge in [-0.25, -0.2) is 13.8 Å². The van der Waals surface area contributed by atoms with Crippen molar-refractivity contribution in [1.29, 1.82) is 0 Å². The summed E-state index contributed by atoms with van der Waals surface area (Å²) in [6.45, 7) is 8.88. The molecule has 2 heterocycles. The van der Waals surface area contributed by atoms with Gasteiger partial charge in [0.1, 0.15) is 17.5 Å². The van der Waals surface area contributed by atoms with Crippen LogP contribution in [0.3, 0.4) is 0 Å². The van der Waals surface area contributed by atoms with Crippen molar-refractivity contribution in [2.75, 3.05) is 0 Å². The van der Waals surface area contributed by atoms with E-state index in [0.717, 1.165) is 49.8 Å². The lowest BCUT2D eigenvalue weighted by molar-refractivity contribution is 0.595. The zero-order valence-electron chi connectivity index (χ0n) is 24.0. The quantitative estimate of drug-likeness (QED) is 0.201. The number of aromatic nitrogens is 2. The van der Waals surface area contributed by atoms with Gasteiger partial charge in [-0.3, -0.25) is 4.57 Å². The normalized spacial score (nSPS) is 12.0. The molecule has 0 bridgehead atoms. The first kappa shape index (κ1) is 26.5. The molecule has 0 radical (unpaired) electrons. The van der Waals surface area contributed by atoms with E-state index in [4.69, 9.17) is 4.98 Å². The molecule has 7 aromatic rings. The standard InChI is InChI=1S/C37H30F2N2S/c1-21(2)24-14-10-15-25(22(3)4)34(24)41-31-19-9-8-18-30(31)40-37(41)27-17-11-16-26-33-32(23-12-6-5-7-13-23)28(38)20-29(39)36(33)42-35(26)27/h5-22H,1-4H3. The maximum atomic E-state index is 15.5. The first-order chi connectivity index (χ1) is 20.3. The molecule has 0 aliphatic heterocycles. The molecule has 2 aromatic heterocycles. The zero-order chi connectivity index (χ0) is 29.1. The van der Waals surface area contributed by atoms with Crippen LogP contribution in [0.2, 0.25) is 0 Å². The van der Waals surface area contributed by atoms with Crippen molar-refractivity contribution in [3.8, 4) is 28.2 Å². The highest BCUT2D eigenvalue weighted by Crippen LogP contribution is 2.47. The molecule has 0 fully saturated rings. The molecule has 7 rings (SSSR count). The molecule has 0 unspecified atom stereocenters. The topological polar surface area (TPSA) is 17.8 Å². The van der Waals surface area contributed by atoms with Gasteiger partial charge in [-0.15, -0.1) is 11.3 Å². The Labute approximate surface area is 247 Å². The number of thiophene rings is 1. The van der Waals surface area contributed by atoms with Crippen LogP contribution in [0.4, 0.5) is 8.78 Å². The lowest BCUT2D eigenvalue weighted by Gasteiger charge is -2.22. The fraction of sp³-hybridized carbons (Fsp3) is 0.162. The number of halogens is 2. The summed E-state index contributed by atoms with van der Waals surface area (Å²) >= 11 is 1.37. The Morgan fingerprint density at radius 3 is 2.07 bits per heavy atom. The summed E-state index contributed by atoms with van der Waals surface area (Å²) in [5.41, 5.74) is 7.59. The van der Waals surface area contributed by atoms with Crippen LogP contribution in [-0.4, -0.2) is 9.55 Å². The molecule has 2 nitrogen and oxygen atoms in total. The third-order valence-electron chi connectivity index (χ3n) is 8.10. The van der Waals surface area contributed by atoms with Gasteiger partial charge in [0.05, 0.1) is 21.4 Å². The van der Waals surface area contributed by atoms with E-state index in [0.29, 0.717) is 27.5 Å². The van der Waals surface area contributed by atoms with Gasteiger partial charge in [-0.2, -0.15) is 0 Å². The van der Waals surface area contributed by atoms with Crippen LogP contribution in [0.25, 0.3) is 59.4 Å². The van der Waals surface area contributed by atoms with Gasteiger partial charge in [0.2, 0.25) is 0 Å². The molecule has 0 aliphatic rings. The van der Waals surface area contributed by atoms with Crippen LogP contribution < -0.4 is 0 Å². The van der Waals surface area contributed by atoms with Crippen LogP contribution in [0.5, 0.6) is 0 Å². The molecule has 0 atom stereocenters. The average molecular weight is 573 g/mol. The maximum absolute atomic E-state index is 15.5.